The van der Waals surface area contributed by atoms with Crippen molar-refractivity contribution >= 4 is 0 Å². The molecule has 3 nitrogen and oxygen atoms in total. The summed E-state index contributed by atoms with van der Waals surface area (Å²) in [6, 6.07) is -0.0472. The number of nitrogens with zero attached hydrogens (tertiary/aromatic N) is 1. The van der Waals surface area contributed by atoms with E-state index in [-0.39, 0.29) is 18.9 Å². The monoisotopic (exact) mass is 261 g/mol. The van der Waals surface area contributed by atoms with Gasteiger partial charge in [-0.2, -0.15) is 13.2 Å². The van der Waals surface area contributed by atoms with Crippen LogP contribution >= 0.6 is 0 Å². The first-order chi connectivity index (χ1) is 8.45. The van der Waals surface area contributed by atoms with Crippen LogP contribution in [0.4, 0.5) is 13.2 Å². The number of aromatic amines is 1. The molecule has 1 heterocycles. The highest BCUT2D eigenvalue weighted by atomic mass is 19.4. The van der Waals surface area contributed by atoms with E-state index in [2.05, 4.69) is 15.3 Å². The number of H-pyrrole nitrogens is 1. The summed E-state index contributed by atoms with van der Waals surface area (Å²) in [4.78, 5) is 7.12. The van der Waals surface area contributed by atoms with Gasteiger partial charge < -0.3 is 10.3 Å². The molecule has 0 aliphatic heterocycles. The highest BCUT2D eigenvalue weighted by molar-refractivity contribution is 4.99. The lowest BCUT2D eigenvalue weighted by atomic mass is 9.85. The van der Waals surface area contributed by atoms with Gasteiger partial charge in [-0.1, -0.05) is 6.42 Å². The zero-order chi connectivity index (χ0) is 13.2. The zero-order valence-electron chi connectivity index (χ0n) is 10.3. The molecule has 102 valence electrons. The van der Waals surface area contributed by atoms with E-state index in [1.807, 2.05) is 6.92 Å². The summed E-state index contributed by atoms with van der Waals surface area (Å²) < 4.78 is 37.9. The average molecular weight is 261 g/mol. The highest BCUT2D eigenvalue weighted by Gasteiger charge is 2.41. The van der Waals surface area contributed by atoms with Gasteiger partial charge in [0, 0.05) is 24.5 Å². The van der Waals surface area contributed by atoms with Crippen molar-refractivity contribution in [3.8, 4) is 0 Å². The van der Waals surface area contributed by atoms with E-state index in [1.165, 1.54) is 0 Å². The summed E-state index contributed by atoms with van der Waals surface area (Å²) in [5, 5.41) is 3.18. The Hall–Kier alpha value is -1.04. The first kappa shape index (κ1) is 13.4. The van der Waals surface area contributed by atoms with Crippen molar-refractivity contribution in [3.05, 3.63) is 17.7 Å². The van der Waals surface area contributed by atoms with E-state index in [9.17, 15) is 13.2 Å². The summed E-state index contributed by atoms with van der Waals surface area (Å²) >= 11 is 0. The van der Waals surface area contributed by atoms with Crippen molar-refractivity contribution < 1.29 is 13.2 Å². The third kappa shape index (κ3) is 3.48. The largest absolute Gasteiger partial charge is 0.391 e. The minimum Gasteiger partial charge on any atom is -0.345 e. The Balaban J connectivity index is 1.83. The van der Waals surface area contributed by atoms with Crippen molar-refractivity contribution in [2.24, 2.45) is 5.92 Å². The molecular formula is C12H18F3N3. The molecule has 1 aliphatic carbocycles. The van der Waals surface area contributed by atoms with Gasteiger partial charge in [0.15, 0.2) is 0 Å². The number of alkyl halides is 3. The molecule has 2 rings (SSSR count). The molecule has 1 aromatic rings. The molecule has 0 aromatic carbocycles. The Morgan fingerprint density at radius 1 is 1.44 bits per heavy atom. The van der Waals surface area contributed by atoms with E-state index in [0.29, 0.717) is 13.0 Å². The number of hydrogen-bond acceptors (Lipinski definition) is 2. The molecule has 0 amide bonds. The van der Waals surface area contributed by atoms with Crippen molar-refractivity contribution in [3.63, 3.8) is 0 Å². The molecule has 6 heteroatoms. The number of hydrogen-bond donors (Lipinski definition) is 2. The second-order valence-corrected chi connectivity index (χ2v) is 4.98. The maximum absolute atomic E-state index is 12.6. The molecular weight excluding hydrogens is 243 g/mol. The maximum Gasteiger partial charge on any atom is 0.391 e. The van der Waals surface area contributed by atoms with Crippen LogP contribution in [0.15, 0.2) is 6.20 Å². The molecule has 0 bridgehead atoms. The smallest absolute Gasteiger partial charge is 0.345 e. The van der Waals surface area contributed by atoms with Crippen LogP contribution in [0.1, 0.15) is 37.2 Å². The summed E-state index contributed by atoms with van der Waals surface area (Å²) in [6.45, 7) is 2.40. The molecule has 1 aromatic heterocycles. The Labute approximate surface area is 104 Å². The van der Waals surface area contributed by atoms with Crippen LogP contribution < -0.4 is 5.32 Å². The van der Waals surface area contributed by atoms with Crippen molar-refractivity contribution in [2.45, 2.75) is 51.4 Å². The normalized spacial score (nSPS) is 25.3. The lowest BCUT2D eigenvalue weighted by Gasteiger charge is -2.31. The standard InChI is InChI=1S/C12H18F3N3/c1-8-16-6-11(18-8)7-17-10-4-2-3-9(5-10)12(13,14)15/h6,9-10,17H,2-5,7H2,1H3,(H,16,18). The third-order valence-electron chi connectivity index (χ3n) is 3.47. The van der Waals surface area contributed by atoms with Gasteiger partial charge >= 0.3 is 6.18 Å². The molecule has 2 atom stereocenters. The fourth-order valence-corrected chi connectivity index (χ4v) is 2.49. The van der Waals surface area contributed by atoms with E-state index in [1.54, 1.807) is 6.20 Å². The number of nitrogens with one attached hydrogen (secondary N) is 2. The van der Waals surface area contributed by atoms with E-state index < -0.39 is 12.1 Å². The first-order valence-corrected chi connectivity index (χ1v) is 6.25. The molecule has 18 heavy (non-hydrogen) atoms. The quantitative estimate of drug-likeness (QED) is 0.878. The second kappa shape index (κ2) is 5.30. The van der Waals surface area contributed by atoms with Crippen LogP contribution in [0.2, 0.25) is 0 Å². The Bertz CT molecular complexity index is 386. The molecule has 1 saturated carbocycles. The lowest BCUT2D eigenvalue weighted by Crippen LogP contribution is -2.38. The molecule has 0 spiro atoms. The number of rotatable bonds is 3. The lowest BCUT2D eigenvalue weighted by molar-refractivity contribution is -0.183. The second-order valence-electron chi connectivity index (χ2n) is 4.98. The summed E-state index contributed by atoms with van der Waals surface area (Å²) in [6.07, 6.45) is -0.414. The molecule has 0 radical (unpaired) electrons. The van der Waals surface area contributed by atoms with Gasteiger partial charge in [-0.25, -0.2) is 4.98 Å². The van der Waals surface area contributed by atoms with Crippen molar-refractivity contribution in [1.82, 2.24) is 15.3 Å². The summed E-state index contributed by atoms with van der Waals surface area (Å²) in [5.41, 5.74) is 0.918. The summed E-state index contributed by atoms with van der Waals surface area (Å²) in [5.74, 6) is -0.323. The van der Waals surface area contributed by atoms with Gasteiger partial charge in [-0.3, -0.25) is 0 Å². The SMILES string of the molecule is Cc1ncc(CNC2CCCC(C(F)(F)F)C2)[nH]1. The molecule has 2 N–H and O–H groups in total. The van der Waals surface area contributed by atoms with Gasteiger partial charge in [-0.15, -0.1) is 0 Å². The maximum atomic E-state index is 12.6. The fourth-order valence-electron chi connectivity index (χ4n) is 2.49. The van der Waals surface area contributed by atoms with Crippen molar-refractivity contribution in [1.29, 1.82) is 0 Å². The minimum absolute atomic E-state index is 0.0472. The van der Waals surface area contributed by atoms with Gasteiger partial charge in [0.25, 0.3) is 0 Å². The Kier molecular flexibility index (Phi) is 3.94. The van der Waals surface area contributed by atoms with Gasteiger partial charge in [0.05, 0.1) is 5.92 Å². The summed E-state index contributed by atoms with van der Waals surface area (Å²) in [7, 11) is 0. The van der Waals surface area contributed by atoms with Crippen LogP contribution in [0.5, 0.6) is 0 Å². The van der Waals surface area contributed by atoms with Gasteiger partial charge in [0.1, 0.15) is 5.82 Å². The van der Waals surface area contributed by atoms with E-state index in [0.717, 1.165) is 17.9 Å². The van der Waals surface area contributed by atoms with Crippen molar-refractivity contribution in [2.75, 3.05) is 0 Å². The van der Waals surface area contributed by atoms with Gasteiger partial charge in [-0.05, 0) is 26.2 Å². The highest BCUT2D eigenvalue weighted by Crippen LogP contribution is 2.37. The Morgan fingerprint density at radius 2 is 2.22 bits per heavy atom. The fraction of sp³-hybridized carbons (Fsp3) is 0.750. The molecule has 1 aliphatic rings. The van der Waals surface area contributed by atoms with Crippen LogP contribution in [0, 0.1) is 12.8 Å². The third-order valence-corrected chi connectivity index (χ3v) is 3.47. The van der Waals surface area contributed by atoms with Crippen LogP contribution in [0.3, 0.4) is 0 Å². The predicted octanol–water partition coefficient (Wildman–Crippen LogP) is 2.93. The molecule has 2 unspecified atom stereocenters. The van der Waals surface area contributed by atoms with Crippen LogP contribution in [-0.2, 0) is 6.54 Å². The number of aryl methyl sites for hydroxylation is 1. The molecule has 0 saturated heterocycles. The van der Waals surface area contributed by atoms with E-state index >= 15 is 0 Å². The van der Waals surface area contributed by atoms with Crippen LogP contribution in [-0.4, -0.2) is 22.2 Å². The number of aromatic nitrogens is 2. The minimum atomic E-state index is -4.05. The topological polar surface area (TPSA) is 40.7 Å². The van der Waals surface area contributed by atoms with Crippen LogP contribution in [0.25, 0.3) is 0 Å². The predicted molar refractivity (Wildman–Crippen MR) is 62.0 cm³/mol. The zero-order valence-corrected chi connectivity index (χ0v) is 10.3. The molecule has 1 fully saturated rings. The van der Waals surface area contributed by atoms with E-state index in [4.69, 9.17) is 0 Å². The Morgan fingerprint density at radius 3 is 2.83 bits per heavy atom. The first-order valence-electron chi connectivity index (χ1n) is 6.25. The number of halogens is 3. The average Bonchev–Trinajstić information content (AvgIpc) is 2.72. The number of imidazole rings is 1. The van der Waals surface area contributed by atoms with Gasteiger partial charge in [0.2, 0.25) is 0 Å².